The van der Waals surface area contributed by atoms with Crippen molar-refractivity contribution >= 4 is 0 Å². The maximum atomic E-state index is 3.25. The molecule has 0 heterocycles. The maximum Gasteiger partial charge on any atom is 3.00 e. The molecule has 8 heavy (non-hydrogen) atoms. The van der Waals surface area contributed by atoms with Crippen LogP contribution in [-0.4, -0.2) is 0 Å². The summed E-state index contributed by atoms with van der Waals surface area (Å²) in [5, 5.41) is 0. The fourth-order valence-corrected chi connectivity index (χ4v) is 0. The first-order chi connectivity index (χ1) is 1.00. The van der Waals surface area contributed by atoms with Crippen LogP contribution in [0.2, 0.25) is 0 Å². The van der Waals surface area contributed by atoms with E-state index in [0.717, 1.165) is 0 Å². The zero-order valence-electron chi connectivity index (χ0n) is 6.86. The first-order valence-electron chi connectivity index (χ1n) is 0.707. The molecule has 0 N–H and O–H groups in total. The molecule has 0 aliphatic heterocycles. The molecule has 49 valence electrons. The number of rotatable bonds is 0. The van der Waals surface area contributed by atoms with Crippen molar-refractivity contribution in [2.24, 2.45) is 0 Å². The zero-order valence-corrected chi connectivity index (χ0v) is 12.5. The van der Waals surface area contributed by atoms with Gasteiger partial charge < -0.3 is 36.6 Å². The normalized spacial score (nSPS) is 0.750. The van der Waals surface area contributed by atoms with E-state index in [1.54, 1.807) is 6.92 Å². The monoisotopic (exact) mass is 267 g/mol. The molecule has 0 saturated heterocycles. The molecule has 0 saturated carbocycles. The first-order valence-corrected chi connectivity index (χ1v) is 0.707. The summed E-state index contributed by atoms with van der Waals surface area (Å²) in [5.41, 5.74) is 0. The zero-order chi connectivity index (χ0) is 2.00. The van der Waals surface area contributed by atoms with Crippen LogP contribution >= 0.6 is 0 Å². The van der Waals surface area contributed by atoms with Crippen LogP contribution in [0.1, 0.15) is 6.92 Å². The van der Waals surface area contributed by atoms with Crippen LogP contribution in [0.5, 0.6) is 0 Å². The molecule has 0 atom stereocenters. The van der Waals surface area contributed by atoms with Gasteiger partial charge in [0.05, 0.1) is 0 Å². The van der Waals surface area contributed by atoms with Crippen LogP contribution in [0.15, 0.2) is 0 Å². The van der Waals surface area contributed by atoms with Crippen LogP contribution < -0.4 is 0 Å². The Kier molecular flexibility index (Phi) is 1340. The van der Waals surface area contributed by atoms with E-state index in [1.165, 1.54) is 0 Å². The molecule has 0 rings (SSSR count). The van der Waals surface area contributed by atoms with Crippen molar-refractivity contribution in [2.45, 2.75) is 6.92 Å². The molecule has 0 unspecified atom stereocenters. The van der Waals surface area contributed by atoms with Gasteiger partial charge in [0.2, 0.25) is 0 Å². The van der Waals surface area contributed by atoms with Crippen molar-refractivity contribution in [3.63, 3.8) is 0 Å². The minimum absolute atomic E-state index is 0. The molecule has 0 bridgehead atoms. The van der Waals surface area contributed by atoms with Gasteiger partial charge in [-0.3, -0.25) is 0 Å². The number of hydrogen-bond acceptors (Lipinski definition) is 0. The molecule has 0 nitrogen and oxygen atoms in total. The largest absolute Gasteiger partial charge is 3.00 e. The van der Waals surface area contributed by atoms with Gasteiger partial charge in [0, 0.05) is 32.7 Å². The van der Waals surface area contributed by atoms with E-state index < -0.39 is 0 Å². The summed E-state index contributed by atoms with van der Waals surface area (Å²) in [6.07, 6.45) is 0. The van der Waals surface area contributed by atoms with Crippen LogP contribution in [0.4, 0.5) is 0 Å². The summed E-state index contributed by atoms with van der Waals surface area (Å²) in [4.78, 5) is 0. The van der Waals surface area contributed by atoms with Crippen molar-refractivity contribution in [1.29, 1.82) is 0 Å². The molecule has 0 fully saturated rings. The van der Waals surface area contributed by atoms with Gasteiger partial charge in [-0.25, -0.2) is 0 Å². The van der Waals surface area contributed by atoms with E-state index in [4.69, 9.17) is 0 Å². The minimum atomic E-state index is 0. The topological polar surface area (TPSA) is 0 Å². The quantitative estimate of drug-likeness (QED) is 0.592. The third kappa shape index (κ3) is 87.5. The van der Waals surface area contributed by atoms with Crippen molar-refractivity contribution < 1.29 is 65.4 Å². The molecule has 0 aromatic carbocycles. The summed E-state index contributed by atoms with van der Waals surface area (Å²) in [6, 6.07) is 0. The van der Waals surface area contributed by atoms with Gasteiger partial charge in [-0.05, 0) is 0 Å². The van der Waals surface area contributed by atoms with Crippen molar-refractivity contribution in [3.05, 3.63) is 36.6 Å². The predicted octanol–water partition coefficient (Wildman–Crippen LogP) is 2.64. The Labute approximate surface area is 107 Å². The molecule has 1 radical (unpaired) electrons. The molecule has 0 aliphatic rings. The Morgan fingerprint density at radius 1 is 0.750 bits per heavy atom. The van der Waals surface area contributed by atoms with E-state index in [2.05, 4.69) is 6.92 Å². The fraction of sp³-hybridized carbons (Fsp3) is 0.167. The van der Waals surface area contributed by atoms with Crippen molar-refractivity contribution in [1.82, 2.24) is 0 Å². The smallest absolute Gasteiger partial charge is 0.358 e. The maximum absolute atomic E-state index is 3.25. The third-order valence-corrected chi connectivity index (χ3v) is 0. The number of hydrogen-bond donors (Lipinski definition) is 0. The second-order valence-corrected chi connectivity index (χ2v) is 0. The SMILES string of the molecule is [CH2-]C.[CH3-].[CH3-].[CH3-].[CH3-].[Y+3].[Y]. The van der Waals surface area contributed by atoms with Gasteiger partial charge in [-0.15, -0.1) is 0 Å². The van der Waals surface area contributed by atoms with Gasteiger partial charge in [0.15, 0.2) is 0 Å². The average Bonchev–Trinajstić information content (AvgIpc) is 1.00. The van der Waals surface area contributed by atoms with Crippen molar-refractivity contribution in [2.75, 3.05) is 0 Å². The van der Waals surface area contributed by atoms with Gasteiger partial charge >= 0.3 is 32.7 Å². The standard InChI is InChI=1S/C2H5.4CH3.2Y/c1-2;;;;;;/h1H2,2H3;4*1H3;;/q5*-1;;+3. The first kappa shape index (κ1) is 84.1. The molecule has 0 spiro atoms. The molecule has 0 amide bonds. The minimum Gasteiger partial charge on any atom is -0.358 e. The van der Waals surface area contributed by atoms with Crippen LogP contribution in [0.25, 0.3) is 0 Å². The Balaban J connectivity index is -0.000000000333. The summed E-state index contributed by atoms with van der Waals surface area (Å²) in [6.45, 7) is 5.00. The summed E-state index contributed by atoms with van der Waals surface area (Å²) in [5.74, 6) is 0. The Morgan fingerprint density at radius 3 is 0.750 bits per heavy atom. The van der Waals surface area contributed by atoms with Crippen molar-refractivity contribution in [3.8, 4) is 0 Å². The molecule has 0 aliphatic carbocycles. The van der Waals surface area contributed by atoms with E-state index in [0.29, 0.717) is 0 Å². The van der Waals surface area contributed by atoms with Gasteiger partial charge in [-0.2, -0.15) is 6.92 Å². The second-order valence-electron chi connectivity index (χ2n) is 0. The van der Waals surface area contributed by atoms with Gasteiger partial charge in [0.25, 0.3) is 0 Å². The second kappa shape index (κ2) is 127. The van der Waals surface area contributed by atoms with E-state index in [1.807, 2.05) is 0 Å². The van der Waals surface area contributed by atoms with Gasteiger partial charge in [-0.1, -0.05) is 0 Å². The Bertz CT molecular complexity index is 6.49. The van der Waals surface area contributed by atoms with Crippen LogP contribution in [0, 0.1) is 36.6 Å². The van der Waals surface area contributed by atoms with Gasteiger partial charge in [0.1, 0.15) is 0 Å². The van der Waals surface area contributed by atoms with Crippen LogP contribution in [0.3, 0.4) is 0 Å². The summed E-state index contributed by atoms with van der Waals surface area (Å²) < 4.78 is 0. The third-order valence-electron chi connectivity index (χ3n) is 0. The fourth-order valence-electron chi connectivity index (χ4n) is 0. The molecular weight excluding hydrogens is 250 g/mol. The van der Waals surface area contributed by atoms with E-state index >= 15 is 0 Å². The summed E-state index contributed by atoms with van der Waals surface area (Å²) in [7, 11) is 0. The predicted molar refractivity (Wildman–Crippen MR) is 36.7 cm³/mol. The molecule has 0 aromatic rings. The molecule has 2 heteroatoms. The van der Waals surface area contributed by atoms with Crippen LogP contribution in [-0.2, 0) is 65.4 Å². The Hall–Kier alpha value is 2.21. The molecular formula is C6H17Y2-2. The van der Waals surface area contributed by atoms with E-state index in [-0.39, 0.29) is 95.1 Å². The van der Waals surface area contributed by atoms with E-state index in [9.17, 15) is 0 Å². The molecule has 0 aromatic heterocycles. The summed E-state index contributed by atoms with van der Waals surface area (Å²) >= 11 is 0. The average molecular weight is 267 g/mol. The Morgan fingerprint density at radius 2 is 0.750 bits per heavy atom.